The average molecular weight is 510 g/mol. The lowest BCUT2D eigenvalue weighted by Gasteiger charge is -2.56. The monoisotopic (exact) mass is 510 g/mol. The van der Waals surface area contributed by atoms with Crippen LogP contribution in [-0.2, 0) is 4.28 Å². The summed E-state index contributed by atoms with van der Waals surface area (Å²) < 4.78 is 46.2. The number of rotatable bonds is 4. The van der Waals surface area contributed by atoms with Gasteiger partial charge in [0.2, 0.25) is 5.75 Å². The summed E-state index contributed by atoms with van der Waals surface area (Å²) in [5.74, 6) is 0.395. The Hall–Kier alpha value is -3.73. The van der Waals surface area contributed by atoms with Crippen molar-refractivity contribution in [1.29, 1.82) is 0 Å². The summed E-state index contributed by atoms with van der Waals surface area (Å²) in [5.41, 5.74) is 6.18. The lowest BCUT2D eigenvalue weighted by molar-refractivity contribution is 0.173. The van der Waals surface area contributed by atoms with Crippen molar-refractivity contribution in [1.82, 2.24) is 0 Å². The third kappa shape index (κ3) is 3.96. The van der Waals surface area contributed by atoms with Gasteiger partial charge < -0.3 is 4.28 Å². The van der Waals surface area contributed by atoms with E-state index in [-0.39, 0.29) is 17.5 Å². The normalized spacial score (nSPS) is 17.4. The molecule has 5 heteroatoms. The Balaban J connectivity index is 1.80. The van der Waals surface area contributed by atoms with Crippen LogP contribution in [0, 0.1) is 23.4 Å². The molecule has 1 aliphatic heterocycles. The molecule has 4 aromatic rings. The maximum atomic E-state index is 14.3. The third-order valence-corrected chi connectivity index (χ3v) is 8.60. The molecule has 0 amide bonds. The Morgan fingerprint density at radius 3 is 1.68 bits per heavy atom. The van der Waals surface area contributed by atoms with Crippen LogP contribution in [0.15, 0.2) is 97.1 Å². The highest BCUT2D eigenvalue weighted by atomic mass is 19.1. The molecule has 0 radical (unpaired) electrons. The second-order valence-electron chi connectivity index (χ2n) is 10.6. The van der Waals surface area contributed by atoms with Gasteiger partial charge in [-0.15, -0.1) is 10.9 Å². The Morgan fingerprint density at radius 1 is 0.632 bits per heavy atom. The summed E-state index contributed by atoms with van der Waals surface area (Å²) >= 11 is 0. The fourth-order valence-corrected chi connectivity index (χ4v) is 6.95. The topological polar surface area (TPSA) is 2.70 Å². The van der Waals surface area contributed by atoms with Gasteiger partial charge >= 0.3 is 6.35 Å². The molecule has 1 saturated carbocycles. The zero-order valence-corrected chi connectivity index (χ0v) is 21.5. The van der Waals surface area contributed by atoms with Gasteiger partial charge in [0.1, 0.15) is 24.6 Å². The highest BCUT2D eigenvalue weighted by Crippen LogP contribution is 2.53. The molecule has 0 unspecified atom stereocenters. The number of hydrogen-bond acceptors (Lipinski definition) is 0. The third-order valence-electron chi connectivity index (χ3n) is 8.60. The summed E-state index contributed by atoms with van der Waals surface area (Å²) in [7, 11) is 1.99. The van der Waals surface area contributed by atoms with Gasteiger partial charge in [-0.1, -0.05) is 84.4 Å². The van der Waals surface area contributed by atoms with Crippen molar-refractivity contribution in [2.75, 3.05) is 7.11 Å². The van der Waals surface area contributed by atoms with Crippen LogP contribution >= 0.6 is 0 Å². The van der Waals surface area contributed by atoms with Crippen LogP contribution in [0.3, 0.4) is 0 Å². The van der Waals surface area contributed by atoms with E-state index in [0.717, 1.165) is 59.0 Å². The van der Waals surface area contributed by atoms with E-state index in [1.165, 1.54) is 48.4 Å². The molecular weight excluding hydrogens is 480 g/mol. The van der Waals surface area contributed by atoms with Crippen molar-refractivity contribution in [2.45, 2.75) is 32.1 Å². The average Bonchev–Trinajstić information content (AvgIpc) is 2.95. The van der Waals surface area contributed by atoms with Gasteiger partial charge in [-0.05, 0) is 61.2 Å². The Kier molecular flexibility index (Phi) is 6.39. The summed E-state index contributed by atoms with van der Waals surface area (Å²) in [4.78, 5) is 0. The first-order valence-corrected chi connectivity index (χ1v) is 13.4. The van der Waals surface area contributed by atoms with Crippen LogP contribution in [-0.4, -0.2) is 13.5 Å². The first-order valence-electron chi connectivity index (χ1n) is 13.4. The quantitative estimate of drug-likeness (QED) is 0.195. The van der Waals surface area contributed by atoms with E-state index in [2.05, 4.69) is 22.5 Å². The summed E-state index contributed by atoms with van der Waals surface area (Å²) in [6, 6.07) is 28.3. The van der Waals surface area contributed by atoms with Gasteiger partial charge in [0.25, 0.3) is 0 Å². The number of para-hydroxylation sites is 1. The summed E-state index contributed by atoms with van der Waals surface area (Å²) in [6.45, 7) is 0. The first kappa shape index (κ1) is 24.6. The van der Waals surface area contributed by atoms with E-state index in [1.54, 1.807) is 0 Å². The smallest absolute Gasteiger partial charge is 0.414 e. The number of allylic oxidation sites excluding steroid dienone is 1. The molecule has 1 heterocycles. The highest BCUT2D eigenvalue weighted by molar-refractivity contribution is 7.12. The van der Waals surface area contributed by atoms with Crippen LogP contribution in [0.4, 0.5) is 13.2 Å². The fraction of sp³-hybridized carbons (Fsp3) is 0.212. The molecule has 0 N–H and O–H groups in total. The fourth-order valence-electron chi connectivity index (χ4n) is 6.95. The molecule has 0 atom stereocenters. The maximum absolute atomic E-state index is 14.3. The van der Waals surface area contributed by atoms with E-state index in [9.17, 15) is 13.2 Å². The molecule has 0 bridgehead atoms. The number of halogens is 3. The van der Waals surface area contributed by atoms with Crippen molar-refractivity contribution in [3.05, 3.63) is 126 Å². The molecule has 6 rings (SSSR count). The predicted molar refractivity (Wildman–Crippen MR) is 151 cm³/mol. The molecule has 1 fully saturated rings. The van der Waals surface area contributed by atoms with Gasteiger partial charge in [0.05, 0.1) is 5.56 Å². The molecule has 0 saturated heterocycles. The molecule has 0 aromatic heterocycles. The molecular formula is C33H30BF3O. The lowest BCUT2D eigenvalue weighted by atomic mass is 9.25. The van der Waals surface area contributed by atoms with E-state index in [4.69, 9.17) is 0 Å². The molecule has 192 valence electrons. The molecule has 2 aliphatic rings. The molecule has 1 aliphatic carbocycles. The summed E-state index contributed by atoms with van der Waals surface area (Å²) in [6.07, 6.45) is 3.69. The Morgan fingerprint density at radius 2 is 1.13 bits per heavy atom. The minimum Gasteiger partial charge on any atom is -0.810 e. The molecule has 4 aromatic carbocycles. The van der Waals surface area contributed by atoms with Gasteiger partial charge in [-0.2, -0.15) is 0 Å². The number of fused-ring (bicyclic) bond motifs is 1. The zero-order valence-electron chi connectivity index (χ0n) is 21.5. The SMILES string of the molecule is C[O+]1c2ccccc2C(C2CCCCC2)=C(c2ccc(F)cc2)[B-]1(c1ccc(F)cc1)c1ccc(F)cc1. The van der Waals surface area contributed by atoms with E-state index >= 15 is 0 Å². The number of benzene rings is 4. The van der Waals surface area contributed by atoms with Crippen LogP contribution in [0.5, 0.6) is 5.75 Å². The van der Waals surface area contributed by atoms with Crippen molar-refractivity contribution in [3.8, 4) is 5.75 Å². The number of hydrogen-bond donors (Lipinski definition) is 0. The van der Waals surface area contributed by atoms with Crippen LogP contribution in [0.25, 0.3) is 11.0 Å². The van der Waals surface area contributed by atoms with Crippen LogP contribution < -0.4 is 10.9 Å². The minimum absolute atomic E-state index is 0.299. The second-order valence-corrected chi connectivity index (χ2v) is 10.6. The van der Waals surface area contributed by atoms with Crippen LogP contribution in [0.2, 0.25) is 0 Å². The van der Waals surface area contributed by atoms with E-state index in [1.807, 2.05) is 49.6 Å². The Labute approximate surface area is 222 Å². The minimum atomic E-state index is -1.98. The molecule has 38 heavy (non-hydrogen) atoms. The Bertz CT molecular complexity index is 1420. The van der Waals surface area contributed by atoms with Crippen molar-refractivity contribution >= 4 is 28.3 Å². The van der Waals surface area contributed by atoms with Crippen LogP contribution in [0.1, 0.15) is 43.2 Å². The molecule has 1 nitrogen and oxygen atoms in total. The predicted octanol–water partition coefficient (Wildman–Crippen LogP) is 7.80. The van der Waals surface area contributed by atoms with E-state index < -0.39 is 6.35 Å². The van der Waals surface area contributed by atoms with Crippen molar-refractivity contribution < 1.29 is 17.5 Å². The highest BCUT2D eigenvalue weighted by Gasteiger charge is 2.52. The van der Waals surface area contributed by atoms with Gasteiger partial charge in [-0.3, -0.25) is 0 Å². The maximum Gasteiger partial charge on any atom is 0.414 e. The molecule has 0 spiro atoms. The zero-order chi connectivity index (χ0) is 26.3. The van der Waals surface area contributed by atoms with Gasteiger partial charge in [0.15, 0.2) is 0 Å². The first-order chi connectivity index (χ1) is 18.5. The van der Waals surface area contributed by atoms with E-state index in [0.29, 0.717) is 5.92 Å². The standard InChI is InChI=1S/C33H30BF3O/c1-38-31-10-6-5-9-30(31)32(23-7-3-2-4-8-23)33(24-11-17-27(35)18-12-24)34(38,25-13-19-28(36)20-14-25)26-15-21-29(37)22-16-26/h5-6,9-23H,2-4,7-8H2,1H3. The lowest BCUT2D eigenvalue weighted by Crippen LogP contribution is -2.66. The summed E-state index contributed by atoms with van der Waals surface area (Å²) in [5, 5.41) is 0. The second kappa shape index (κ2) is 9.87. The van der Waals surface area contributed by atoms with Crippen molar-refractivity contribution in [3.63, 3.8) is 0 Å². The van der Waals surface area contributed by atoms with Crippen molar-refractivity contribution in [2.24, 2.45) is 5.92 Å². The largest absolute Gasteiger partial charge is 0.810 e. The van der Waals surface area contributed by atoms with Gasteiger partial charge in [0, 0.05) is 6.07 Å². The van der Waals surface area contributed by atoms with Gasteiger partial charge in [-0.25, -0.2) is 13.2 Å².